The van der Waals surface area contributed by atoms with Crippen molar-refractivity contribution in [2.45, 2.75) is 44.3 Å². The zero-order chi connectivity index (χ0) is 21.1. The first-order valence-corrected chi connectivity index (χ1v) is 10.5. The Bertz CT molecular complexity index is 870. The minimum absolute atomic E-state index is 0.0747. The van der Waals surface area contributed by atoms with E-state index in [1.807, 2.05) is 43.0 Å². The summed E-state index contributed by atoms with van der Waals surface area (Å²) in [4.78, 5) is 25.7. The topological polar surface area (TPSA) is 93.8 Å². The van der Waals surface area contributed by atoms with Crippen molar-refractivity contribution in [3.05, 3.63) is 35.7 Å². The Hall–Kier alpha value is -2.52. The number of anilines is 1. The molecule has 1 amide bonds. The zero-order valence-corrected chi connectivity index (χ0v) is 17.8. The van der Waals surface area contributed by atoms with E-state index < -0.39 is 5.60 Å². The van der Waals surface area contributed by atoms with Gasteiger partial charge in [0.05, 0.1) is 0 Å². The van der Waals surface area contributed by atoms with Crippen molar-refractivity contribution in [1.82, 2.24) is 20.0 Å². The summed E-state index contributed by atoms with van der Waals surface area (Å²) in [5.41, 5.74) is 0.721. The van der Waals surface area contributed by atoms with E-state index in [9.17, 15) is 4.79 Å². The molecule has 2 aromatic heterocycles. The van der Waals surface area contributed by atoms with Gasteiger partial charge in [-0.1, -0.05) is 5.16 Å². The van der Waals surface area contributed by atoms with Crippen LogP contribution in [0.2, 0.25) is 0 Å². The van der Waals surface area contributed by atoms with Gasteiger partial charge in [-0.15, -0.1) is 0 Å². The molecule has 2 saturated heterocycles. The predicted octanol–water partition coefficient (Wildman–Crippen LogP) is 2.55. The van der Waals surface area contributed by atoms with Gasteiger partial charge in [0.25, 0.3) is 11.8 Å². The summed E-state index contributed by atoms with van der Waals surface area (Å²) in [6.07, 6.45) is 4.66. The van der Waals surface area contributed by atoms with Gasteiger partial charge >= 0.3 is 0 Å². The van der Waals surface area contributed by atoms with Gasteiger partial charge in [0.2, 0.25) is 5.82 Å². The van der Waals surface area contributed by atoms with Crippen LogP contribution < -0.4 is 4.90 Å². The van der Waals surface area contributed by atoms with Gasteiger partial charge in [0.15, 0.2) is 0 Å². The third kappa shape index (κ3) is 4.04. The van der Waals surface area contributed by atoms with Crippen LogP contribution in [0.15, 0.2) is 22.9 Å². The van der Waals surface area contributed by atoms with Crippen LogP contribution in [-0.4, -0.2) is 66.3 Å². The monoisotopic (exact) mass is 415 g/mol. The molecule has 2 aliphatic rings. The van der Waals surface area contributed by atoms with Crippen LogP contribution in [0.4, 0.5) is 5.69 Å². The Morgan fingerprint density at radius 3 is 2.83 bits per heavy atom. The van der Waals surface area contributed by atoms with E-state index in [1.54, 1.807) is 6.20 Å². The first kappa shape index (κ1) is 20.7. The van der Waals surface area contributed by atoms with Crippen LogP contribution >= 0.6 is 0 Å². The van der Waals surface area contributed by atoms with Crippen LogP contribution in [0.5, 0.6) is 0 Å². The highest BCUT2D eigenvalue weighted by Crippen LogP contribution is 2.37. The highest BCUT2D eigenvalue weighted by atomic mass is 16.5. The number of piperidine rings is 1. The number of carbonyl (C=O) groups is 1. The second-order valence-electron chi connectivity index (χ2n) is 7.97. The molecular formula is C21H29N5O4. The van der Waals surface area contributed by atoms with Gasteiger partial charge in [0, 0.05) is 65.1 Å². The fourth-order valence-electron chi connectivity index (χ4n) is 4.08. The minimum atomic E-state index is -0.672. The summed E-state index contributed by atoms with van der Waals surface area (Å²) in [7, 11) is 3.88. The van der Waals surface area contributed by atoms with Crippen LogP contribution in [-0.2, 0) is 15.1 Å². The third-order valence-corrected chi connectivity index (χ3v) is 5.81. The molecule has 4 rings (SSSR count). The molecule has 0 unspecified atom stereocenters. The molecule has 0 spiro atoms. The average Bonchev–Trinajstić information content (AvgIpc) is 3.46. The van der Waals surface area contributed by atoms with Gasteiger partial charge in [-0.05, 0) is 31.9 Å². The van der Waals surface area contributed by atoms with Crippen molar-refractivity contribution in [3.63, 3.8) is 0 Å². The quantitative estimate of drug-likeness (QED) is 0.711. The molecule has 1 atom stereocenters. The van der Waals surface area contributed by atoms with E-state index in [0.29, 0.717) is 49.9 Å². The Balaban J connectivity index is 1.47. The smallest absolute Gasteiger partial charge is 0.272 e. The van der Waals surface area contributed by atoms with Crippen molar-refractivity contribution < 1.29 is 18.8 Å². The first-order valence-electron chi connectivity index (χ1n) is 10.5. The molecule has 2 aliphatic heterocycles. The molecule has 0 bridgehead atoms. The van der Waals surface area contributed by atoms with E-state index in [2.05, 4.69) is 15.1 Å². The number of rotatable bonds is 6. The number of aromatic nitrogens is 3. The Labute approximate surface area is 176 Å². The molecule has 2 aromatic rings. The molecule has 9 nitrogen and oxygen atoms in total. The second-order valence-corrected chi connectivity index (χ2v) is 7.97. The van der Waals surface area contributed by atoms with Crippen molar-refractivity contribution in [3.8, 4) is 0 Å². The lowest BCUT2D eigenvalue weighted by Crippen LogP contribution is -2.47. The fraction of sp³-hybridized carbons (Fsp3) is 0.619. The number of ether oxygens (including phenoxy) is 2. The van der Waals surface area contributed by atoms with Gasteiger partial charge in [-0.25, -0.2) is 0 Å². The first-order chi connectivity index (χ1) is 14.5. The summed E-state index contributed by atoms with van der Waals surface area (Å²) >= 11 is 0. The molecule has 0 aromatic carbocycles. The van der Waals surface area contributed by atoms with Crippen LogP contribution in [0.1, 0.15) is 60.9 Å². The second kappa shape index (κ2) is 8.69. The number of hydrogen-bond acceptors (Lipinski definition) is 8. The summed E-state index contributed by atoms with van der Waals surface area (Å²) in [5.74, 6) is 0.994. The molecule has 0 aliphatic carbocycles. The molecular weight excluding hydrogens is 386 g/mol. The zero-order valence-electron chi connectivity index (χ0n) is 17.8. The molecule has 30 heavy (non-hydrogen) atoms. The van der Waals surface area contributed by atoms with Gasteiger partial charge in [-0.2, -0.15) is 4.98 Å². The van der Waals surface area contributed by atoms with Gasteiger partial charge in [0.1, 0.15) is 17.4 Å². The normalized spacial score (nSPS) is 21.0. The van der Waals surface area contributed by atoms with E-state index in [-0.39, 0.29) is 12.0 Å². The molecule has 0 radical (unpaired) electrons. The summed E-state index contributed by atoms with van der Waals surface area (Å²) < 4.78 is 17.4. The van der Waals surface area contributed by atoms with Crippen molar-refractivity contribution in [2.24, 2.45) is 0 Å². The summed E-state index contributed by atoms with van der Waals surface area (Å²) in [5, 5.41) is 4.14. The number of nitrogens with zero attached hydrogens (tertiary/aromatic N) is 5. The molecule has 162 valence electrons. The van der Waals surface area contributed by atoms with Gasteiger partial charge in [-0.3, -0.25) is 9.78 Å². The molecule has 0 N–H and O–H groups in total. The number of pyridine rings is 1. The van der Waals surface area contributed by atoms with Gasteiger partial charge < -0.3 is 23.8 Å². The lowest BCUT2D eigenvalue weighted by atomic mass is 9.90. The molecule has 2 fully saturated rings. The van der Waals surface area contributed by atoms with Crippen LogP contribution in [0, 0.1) is 0 Å². The fourth-order valence-corrected chi connectivity index (χ4v) is 4.08. The SMILES string of the molecule is CCOC1(c2nc([C@H]3CCCO3)no2)CCN(C(=O)c2cc(N(C)C)ccn2)CC1. The average molecular weight is 415 g/mol. The maximum absolute atomic E-state index is 13.0. The standard InChI is InChI=1S/C21H29N5O4/c1-4-29-21(20-23-18(24-30-20)17-6-5-13-28-17)8-11-26(12-9-21)19(27)16-14-15(25(2)3)7-10-22-16/h7,10,14,17H,4-6,8-9,11-13H2,1-3H3/t17-/m1/s1. The third-order valence-electron chi connectivity index (χ3n) is 5.81. The highest BCUT2D eigenvalue weighted by Gasteiger charge is 2.43. The van der Waals surface area contributed by atoms with E-state index in [0.717, 1.165) is 25.1 Å². The lowest BCUT2D eigenvalue weighted by Gasteiger charge is -2.38. The van der Waals surface area contributed by atoms with Crippen LogP contribution in [0.25, 0.3) is 0 Å². The number of carbonyl (C=O) groups excluding carboxylic acids is 1. The van der Waals surface area contributed by atoms with Crippen molar-refractivity contribution >= 4 is 11.6 Å². The summed E-state index contributed by atoms with van der Waals surface area (Å²) in [6.45, 7) is 4.27. The maximum Gasteiger partial charge on any atom is 0.272 e. The number of hydrogen-bond donors (Lipinski definition) is 0. The molecule has 0 saturated carbocycles. The van der Waals surface area contributed by atoms with E-state index in [1.165, 1.54) is 0 Å². The number of amides is 1. The van der Waals surface area contributed by atoms with Crippen molar-refractivity contribution in [2.75, 3.05) is 45.3 Å². The largest absolute Gasteiger partial charge is 0.378 e. The minimum Gasteiger partial charge on any atom is -0.378 e. The maximum atomic E-state index is 13.0. The molecule has 9 heteroatoms. The Morgan fingerprint density at radius 1 is 1.37 bits per heavy atom. The summed E-state index contributed by atoms with van der Waals surface area (Å²) in [6, 6.07) is 3.70. The predicted molar refractivity (Wildman–Crippen MR) is 109 cm³/mol. The van der Waals surface area contributed by atoms with E-state index in [4.69, 9.17) is 14.0 Å². The van der Waals surface area contributed by atoms with E-state index >= 15 is 0 Å². The Kier molecular flexibility index (Phi) is 6.01. The Morgan fingerprint density at radius 2 is 2.17 bits per heavy atom. The number of likely N-dealkylation sites (tertiary alicyclic amines) is 1. The van der Waals surface area contributed by atoms with Crippen LogP contribution in [0.3, 0.4) is 0 Å². The highest BCUT2D eigenvalue weighted by molar-refractivity contribution is 5.93. The molecule has 4 heterocycles. The van der Waals surface area contributed by atoms with Crippen molar-refractivity contribution in [1.29, 1.82) is 0 Å². The lowest BCUT2D eigenvalue weighted by molar-refractivity contribution is -0.0991.